The van der Waals surface area contributed by atoms with Gasteiger partial charge >= 0.3 is 0 Å². The van der Waals surface area contributed by atoms with Crippen molar-refractivity contribution in [1.82, 2.24) is 14.8 Å². The number of rotatable bonds is 6. The zero-order chi connectivity index (χ0) is 23.4. The first-order valence-corrected chi connectivity index (χ1v) is 12.0. The summed E-state index contributed by atoms with van der Waals surface area (Å²) in [6.07, 6.45) is 0. The standard InChI is InChI=1S/C26H25ClN4OS/c1-26(2,3)21-11-7-8-12-22(21)28-23(32)17-33-25-30-29-24(18-13-15-19(27)16-14-18)31(25)20-9-5-4-6-10-20/h4-16H,17H2,1-3H3,(H,28,32). The van der Waals surface area contributed by atoms with E-state index in [0.29, 0.717) is 16.0 Å². The molecule has 33 heavy (non-hydrogen) atoms. The molecule has 3 aromatic carbocycles. The summed E-state index contributed by atoms with van der Waals surface area (Å²) in [4.78, 5) is 12.8. The van der Waals surface area contributed by atoms with E-state index in [1.807, 2.05) is 83.4 Å². The lowest BCUT2D eigenvalue weighted by Crippen LogP contribution is -2.20. The second kappa shape index (κ2) is 9.81. The molecule has 1 amide bonds. The number of hydrogen-bond donors (Lipinski definition) is 1. The normalized spacial score (nSPS) is 11.4. The maximum absolute atomic E-state index is 12.8. The second-order valence-electron chi connectivity index (χ2n) is 8.62. The van der Waals surface area contributed by atoms with Gasteiger partial charge < -0.3 is 5.32 Å². The highest BCUT2D eigenvalue weighted by Crippen LogP contribution is 2.31. The molecule has 1 heterocycles. The van der Waals surface area contributed by atoms with Gasteiger partial charge in [0.25, 0.3) is 0 Å². The smallest absolute Gasteiger partial charge is 0.234 e. The summed E-state index contributed by atoms with van der Waals surface area (Å²) in [5.41, 5.74) is 3.68. The van der Waals surface area contributed by atoms with Crippen molar-refractivity contribution in [3.8, 4) is 17.1 Å². The van der Waals surface area contributed by atoms with Gasteiger partial charge in [-0.05, 0) is 53.4 Å². The van der Waals surface area contributed by atoms with Gasteiger partial charge in [0.1, 0.15) is 0 Å². The Morgan fingerprint density at radius 1 is 0.939 bits per heavy atom. The second-order valence-corrected chi connectivity index (χ2v) is 10.00. The largest absolute Gasteiger partial charge is 0.325 e. The van der Waals surface area contributed by atoms with E-state index in [9.17, 15) is 4.79 Å². The molecule has 168 valence electrons. The molecule has 0 atom stereocenters. The summed E-state index contributed by atoms with van der Waals surface area (Å²) in [6.45, 7) is 6.40. The number of thioether (sulfide) groups is 1. The van der Waals surface area contributed by atoms with Crippen LogP contribution in [0.3, 0.4) is 0 Å². The molecular formula is C26H25ClN4OS. The number of para-hydroxylation sites is 2. The molecule has 0 bridgehead atoms. The fraction of sp³-hybridized carbons (Fsp3) is 0.192. The van der Waals surface area contributed by atoms with Gasteiger partial charge in [0.15, 0.2) is 11.0 Å². The van der Waals surface area contributed by atoms with Crippen LogP contribution in [0.15, 0.2) is 84.0 Å². The van der Waals surface area contributed by atoms with Crippen molar-refractivity contribution in [2.24, 2.45) is 0 Å². The SMILES string of the molecule is CC(C)(C)c1ccccc1NC(=O)CSc1nnc(-c2ccc(Cl)cc2)n1-c1ccccc1. The lowest BCUT2D eigenvalue weighted by Gasteiger charge is -2.23. The summed E-state index contributed by atoms with van der Waals surface area (Å²) < 4.78 is 1.96. The molecule has 0 saturated carbocycles. The fourth-order valence-electron chi connectivity index (χ4n) is 3.52. The Kier molecular flexibility index (Phi) is 6.86. The number of halogens is 1. The van der Waals surface area contributed by atoms with Crippen molar-refractivity contribution >= 4 is 35.0 Å². The number of amides is 1. The molecule has 1 N–H and O–H groups in total. The van der Waals surface area contributed by atoms with E-state index in [0.717, 1.165) is 22.5 Å². The van der Waals surface area contributed by atoms with Crippen LogP contribution >= 0.6 is 23.4 Å². The third-order valence-electron chi connectivity index (χ3n) is 5.09. The van der Waals surface area contributed by atoms with Gasteiger partial charge in [-0.15, -0.1) is 10.2 Å². The molecular weight excluding hydrogens is 452 g/mol. The summed E-state index contributed by atoms with van der Waals surface area (Å²) in [7, 11) is 0. The van der Waals surface area contributed by atoms with Crippen molar-refractivity contribution in [3.63, 3.8) is 0 Å². The van der Waals surface area contributed by atoms with Gasteiger partial charge in [-0.3, -0.25) is 9.36 Å². The molecule has 7 heteroatoms. The van der Waals surface area contributed by atoms with Gasteiger partial charge in [0, 0.05) is 22.0 Å². The molecule has 5 nitrogen and oxygen atoms in total. The first-order valence-electron chi connectivity index (χ1n) is 10.6. The van der Waals surface area contributed by atoms with Crippen molar-refractivity contribution in [3.05, 3.63) is 89.4 Å². The van der Waals surface area contributed by atoms with Crippen LogP contribution < -0.4 is 5.32 Å². The number of carbonyl (C=O) groups is 1. The molecule has 1 aromatic heterocycles. The number of carbonyl (C=O) groups excluding carboxylic acids is 1. The lowest BCUT2D eigenvalue weighted by atomic mass is 9.86. The predicted octanol–water partition coefficient (Wildman–Crippen LogP) is 6.62. The molecule has 4 aromatic rings. The van der Waals surface area contributed by atoms with Gasteiger partial charge in [-0.1, -0.05) is 80.5 Å². The highest BCUT2D eigenvalue weighted by Gasteiger charge is 2.20. The minimum Gasteiger partial charge on any atom is -0.325 e. The van der Waals surface area contributed by atoms with E-state index >= 15 is 0 Å². The molecule has 0 unspecified atom stereocenters. The maximum atomic E-state index is 12.8. The molecule has 0 radical (unpaired) electrons. The van der Waals surface area contributed by atoms with E-state index in [1.54, 1.807) is 0 Å². The minimum atomic E-state index is -0.0904. The Morgan fingerprint density at radius 3 is 2.30 bits per heavy atom. The van der Waals surface area contributed by atoms with E-state index in [4.69, 9.17) is 11.6 Å². The van der Waals surface area contributed by atoms with E-state index in [-0.39, 0.29) is 17.1 Å². The van der Waals surface area contributed by atoms with Crippen molar-refractivity contribution < 1.29 is 4.79 Å². The first-order chi connectivity index (χ1) is 15.8. The van der Waals surface area contributed by atoms with Crippen LogP contribution in [-0.2, 0) is 10.2 Å². The Balaban J connectivity index is 1.58. The number of nitrogens with one attached hydrogen (secondary N) is 1. The van der Waals surface area contributed by atoms with Crippen LogP contribution in [0.5, 0.6) is 0 Å². The Labute approximate surface area is 203 Å². The summed E-state index contributed by atoms with van der Waals surface area (Å²) in [5.74, 6) is 0.815. The number of aromatic nitrogens is 3. The van der Waals surface area contributed by atoms with Crippen LogP contribution in [0, 0.1) is 0 Å². The predicted molar refractivity (Wildman–Crippen MR) is 136 cm³/mol. The fourth-order valence-corrected chi connectivity index (χ4v) is 4.40. The average Bonchev–Trinajstić information content (AvgIpc) is 3.22. The average molecular weight is 477 g/mol. The summed E-state index contributed by atoms with van der Waals surface area (Å²) in [5, 5.41) is 13.2. The summed E-state index contributed by atoms with van der Waals surface area (Å²) >= 11 is 7.41. The highest BCUT2D eigenvalue weighted by atomic mass is 35.5. The van der Waals surface area contributed by atoms with Crippen LogP contribution in [0.4, 0.5) is 5.69 Å². The molecule has 4 rings (SSSR count). The monoisotopic (exact) mass is 476 g/mol. The Morgan fingerprint density at radius 2 is 1.61 bits per heavy atom. The maximum Gasteiger partial charge on any atom is 0.234 e. The number of hydrogen-bond acceptors (Lipinski definition) is 4. The van der Waals surface area contributed by atoms with Gasteiger partial charge in [0.2, 0.25) is 5.91 Å². The molecule has 0 aliphatic carbocycles. The zero-order valence-corrected chi connectivity index (χ0v) is 20.3. The molecule has 0 aliphatic heterocycles. The first kappa shape index (κ1) is 23.1. The van der Waals surface area contributed by atoms with Crippen LogP contribution in [0.1, 0.15) is 26.3 Å². The van der Waals surface area contributed by atoms with Gasteiger partial charge in [0.05, 0.1) is 5.75 Å². The third-order valence-corrected chi connectivity index (χ3v) is 6.27. The number of anilines is 1. The Hall–Kier alpha value is -3.09. The zero-order valence-electron chi connectivity index (χ0n) is 18.7. The molecule has 0 saturated heterocycles. The number of nitrogens with zero attached hydrogens (tertiary/aromatic N) is 3. The van der Waals surface area contributed by atoms with Crippen molar-refractivity contribution in [2.45, 2.75) is 31.3 Å². The lowest BCUT2D eigenvalue weighted by molar-refractivity contribution is -0.113. The molecule has 0 fully saturated rings. The third kappa shape index (κ3) is 5.46. The van der Waals surface area contributed by atoms with Crippen molar-refractivity contribution in [1.29, 1.82) is 0 Å². The summed E-state index contributed by atoms with van der Waals surface area (Å²) in [6, 6.07) is 25.3. The highest BCUT2D eigenvalue weighted by molar-refractivity contribution is 7.99. The van der Waals surface area contributed by atoms with Crippen molar-refractivity contribution in [2.75, 3.05) is 11.1 Å². The Bertz CT molecular complexity index is 1250. The van der Waals surface area contributed by atoms with Crippen LogP contribution in [0.25, 0.3) is 17.1 Å². The molecule has 0 spiro atoms. The minimum absolute atomic E-state index is 0.0714. The topological polar surface area (TPSA) is 59.8 Å². The van der Waals surface area contributed by atoms with E-state index < -0.39 is 0 Å². The van der Waals surface area contributed by atoms with E-state index in [2.05, 4.69) is 36.3 Å². The number of benzene rings is 3. The van der Waals surface area contributed by atoms with Crippen LogP contribution in [0.2, 0.25) is 5.02 Å². The quantitative estimate of drug-likeness (QED) is 0.318. The van der Waals surface area contributed by atoms with Gasteiger partial charge in [-0.25, -0.2) is 0 Å². The molecule has 0 aliphatic rings. The van der Waals surface area contributed by atoms with E-state index in [1.165, 1.54) is 11.8 Å². The van der Waals surface area contributed by atoms with Gasteiger partial charge in [-0.2, -0.15) is 0 Å². The van der Waals surface area contributed by atoms with Crippen LogP contribution in [-0.4, -0.2) is 26.4 Å².